The fourth-order valence-electron chi connectivity index (χ4n) is 4.12. The second kappa shape index (κ2) is 9.54. The van der Waals surface area contributed by atoms with Crippen molar-refractivity contribution in [1.82, 2.24) is 14.9 Å². The Morgan fingerprint density at radius 1 is 1.00 bits per heavy atom. The summed E-state index contributed by atoms with van der Waals surface area (Å²) in [6.45, 7) is 9.87. The van der Waals surface area contributed by atoms with Gasteiger partial charge in [0.05, 0.1) is 12.2 Å². The van der Waals surface area contributed by atoms with E-state index >= 15 is 0 Å². The summed E-state index contributed by atoms with van der Waals surface area (Å²) in [5.41, 5.74) is 1.74. The third kappa shape index (κ3) is 4.84. The van der Waals surface area contributed by atoms with Crippen LogP contribution in [0.25, 0.3) is 0 Å². The van der Waals surface area contributed by atoms with Crippen molar-refractivity contribution in [1.29, 1.82) is 0 Å². The SMILES string of the molecule is Cc1cc(N2CCN(C(=O)CCC(=O)N3CCOc4ccccc43)CC2)nc(C(C)C)n1. The number of hydrogen-bond donors (Lipinski definition) is 0. The first kappa shape index (κ1) is 22.0. The summed E-state index contributed by atoms with van der Waals surface area (Å²) in [5, 5.41) is 0. The first-order chi connectivity index (χ1) is 15.4. The maximum atomic E-state index is 12.8. The monoisotopic (exact) mass is 437 g/mol. The van der Waals surface area contributed by atoms with Crippen LogP contribution in [0.4, 0.5) is 11.5 Å². The predicted molar refractivity (Wildman–Crippen MR) is 123 cm³/mol. The maximum Gasteiger partial charge on any atom is 0.227 e. The van der Waals surface area contributed by atoms with Gasteiger partial charge in [-0.2, -0.15) is 0 Å². The lowest BCUT2D eigenvalue weighted by Gasteiger charge is -2.36. The molecule has 1 saturated heterocycles. The van der Waals surface area contributed by atoms with Crippen LogP contribution in [0.15, 0.2) is 30.3 Å². The minimum absolute atomic E-state index is 0.0290. The van der Waals surface area contributed by atoms with Crippen molar-refractivity contribution in [3.8, 4) is 5.75 Å². The highest BCUT2D eigenvalue weighted by Crippen LogP contribution is 2.31. The van der Waals surface area contributed by atoms with E-state index in [9.17, 15) is 9.59 Å². The topological polar surface area (TPSA) is 78.9 Å². The Morgan fingerprint density at radius 3 is 2.47 bits per heavy atom. The molecule has 0 unspecified atom stereocenters. The van der Waals surface area contributed by atoms with Gasteiger partial charge in [-0.15, -0.1) is 0 Å². The van der Waals surface area contributed by atoms with Crippen LogP contribution < -0.4 is 14.5 Å². The van der Waals surface area contributed by atoms with Gasteiger partial charge in [0.15, 0.2) is 0 Å². The van der Waals surface area contributed by atoms with Crippen LogP contribution in [0, 0.1) is 6.92 Å². The van der Waals surface area contributed by atoms with E-state index in [1.54, 1.807) is 4.90 Å². The van der Waals surface area contributed by atoms with Crippen molar-refractivity contribution < 1.29 is 14.3 Å². The number of amides is 2. The fraction of sp³-hybridized carbons (Fsp3) is 0.500. The molecule has 2 aliphatic rings. The van der Waals surface area contributed by atoms with E-state index in [0.29, 0.717) is 26.2 Å². The largest absolute Gasteiger partial charge is 0.490 e. The number of fused-ring (bicyclic) bond motifs is 1. The van der Waals surface area contributed by atoms with Crippen LogP contribution in [0.3, 0.4) is 0 Å². The van der Waals surface area contributed by atoms with Gasteiger partial charge in [-0.05, 0) is 19.1 Å². The molecule has 1 aromatic carbocycles. The van der Waals surface area contributed by atoms with E-state index in [2.05, 4.69) is 23.7 Å². The maximum absolute atomic E-state index is 12.8. The van der Waals surface area contributed by atoms with Gasteiger partial charge >= 0.3 is 0 Å². The number of aryl methyl sites for hydroxylation is 1. The van der Waals surface area contributed by atoms with Crippen LogP contribution in [0.2, 0.25) is 0 Å². The van der Waals surface area contributed by atoms with Gasteiger partial charge < -0.3 is 19.4 Å². The number of carbonyl (C=O) groups excluding carboxylic acids is 2. The van der Waals surface area contributed by atoms with Crippen molar-refractivity contribution in [2.24, 2.45) is 0 Å². The van der Waals surface area contributed by atoms with Gasteiger partial charge in [0.1, 0.15) is 24.0 Å². The summed E-state index contributed by atoms with van der Waals surface area (Å²) in [7, 11) is 0. The Morgan fingerprint density at radius 2 is 1.72 bits per heavy atom. The minimum atomic E-state index is -0.0367. The number of aromatic nitrogens is 2. The van der Waals surface area contributed by atoms with Crippen LogP contribution in [-0.2, 0) is 9.59 Å². The number of piperazine rings is 1. The molecule has 1 aromatic heterocycles. The van der Waals surface area contributed by atoms with Crippen LogP contribution in [-0.4, -0.2) is 66.0 Å². The van der Waals surface area contributed by atoms with Gasteiger partial charge in [0, 0.05) is 56.7 Å². The van der Waals surface area contributed by atoms with Crippen molar-refractivity contribution in [2.45, 2.75) is 39.5 Å². The molecule has 3 heterocycles. The normalized spacial score (nSPS) is 16.1. The average molecular weight is 438 g/mol. The number of benzene rings is 1. The summed E-state index contributed by atoms with van der Waals surface area (Å²) in [4.78, 5) is 40.6. The predicted octanol–water partition coefficient (Wildman–Crippen LogP) is 2.76. The van der Waals surface area contributed by atoms with E-state index in [1.165, 1.54) is 0 Å². The second-order valence-corrected chi connectivity index (χ2v) is 8.61. The molecular formula is C24H31N5O3. The zero-order valence-electron chi connectivity index (χ0n) is 19.1. The Bertz CT molecular complexity index is 985. The standard InChI is InChI=1S/C24H31N5O3/c1-17(2)24-25-18(3)16-21(26-24)27-10-12-28(13-11-27)22(30)8-9-23(31)29-14-15-32-20-7-5-4-6-19(20)29/h4-7,16-17H,8-15H2,1-3H3. The molecule has 4 rings (SSSR count). The lowest BCUT2D eigenvalue weighted by Crippen LogP contribution is -2.49. The molecule has 170 valence electrons. The molecule has 0 saturated carbocycles. The summed E-state index contributed by atoms with van der Waals surface area (Å²) in [6.07, 6.45) is 0.429. The van der Waals surface area contributed by atoms with E-state index in [0.717, 1.165) is 41.9 Å². The third-order valence-corrected chi connectivity index (χ3v) is 5.91. The van der Waals surface area contributed by atoms with Crippen LogP contribution >= 0.6 is 0 Å². The second-order valence-electron chi connectivity index (χ2n) is 8.61. The van der Waals surface area contributed by atoms with Crippen molar-refractivity contribution >= 4 is 23.3 Å². The number of hydrogen-bond acceptors (Lipinski definition) is 6. The number of ether oxygens (including phenoxy) is 1. The van der Waals surface area contributed by atoms with Crippen LogP contribution in [0.1, 0.15) is 44.1 Å². The molecular weight excluding hydrogens is 406 g/mol. The highest BCUT2D eigenvalue weighted by Gasteiger charge is 2.26. The third-order valence-electron chi connectivity index (χ3n) is 5.91. The van der Waals surface area contributed by atoms with Gasteiger partial charge in [-0.25, -0.2) is 9.97 Å². The first-order valence-electron chi connectivity index (χ1n) is 11.3. The summed E-state index contributed by atoms with van der Waals surface area (Å²) in [5.74, 6) is 2.76. The zero-order chi connectivity index (χ0) is 22.7. The number of anilines is 2. The molecule has 0 spiro atoms. The number of rotatable bonds is 5. The van der Waals surface area contributed by atoms with Gasteiger partial charge in [0.25, 0.3) is 0 Å². The molecule has 0 aliphatic carbocycles. The molecule has 0 atom stereocenters. The molecule has 32 heavy (non-hydrogen) atoms. The Hall–Kier alpha value is -3.16. The fourth-order valence-corrected chi connectivity index (χ4v) is 4.12. The Balaban J connectivity index is 1.30. The summed E-state index contributed by atoms with van der Waals surface area (Å²) in [6, 6.07) is 9.53. The lowest BCUT2D eigenvalue weighted by atomic mass is 10.2. The van der Waals surface area contributed by atoms with Crippen LogP contribution in [0.5, 0.6) is 5.75 Å². The zero-order valence-corrected chi connectivity index (χ0v) is 19.1. The minimum Gasteiger partial charge on any atom is -0.490 e. The molecule has 0 radical (unpaired) electrons. The van der Waals surface area contributed by atoms with E-state index in [1.807, 2.05) is 42.2 Å². The highest BCUT2D eigenvalue weighted by molar-refractivity contribution is 5.97. The summed E-state index contributed by atoms with van der Waals surface area (Å²) >= 11 is 0. The van der Waals surface area contributed by atoms with E-state index in [4.69, 9.17) is 9.72 Å². The quantitative estimate of drug-likeness (QED) is 0.716. The molecule has 1 fully saturated rings. The number of carbonyl (C=O) groups is 2. The Labute approximate surface area is 189 Å². The molecule has 2 aliphatic heterocycles. The molecule has 2 aromatic rings. The molecule has 2 amide bonds. The smallest absolute Gasteiger partial charge is 0.227 e. The average Bonchev–Trinajstić information content (AvgIpc) is 2.81. The lowest BCUT2D eigenvalue weighted by molar-refractivity contribution is -0.133. The van der Waals surface area contributed by atoms with Gasteiger partial charge in [0.2, 0.25) is 11.8 Å². The molecule has 0 N–H and O–H groups in total. The number of para-hydroxylation sites is 2. The van der Waals surface area contributed by atoms with E-state index < -0.39 is 0 Å². The van der Waals surface area contributed by atoms with Crippen molar-refractivity contribution in [3.05, 3.63) is 41.9 Å². The van der Waals surface area contributed by atoms with Gasteiger partial charge in [-0.1, -0.05) is 26.0 Å². The molecule has 8 heteroatoms. The van der Waals surface area contributed by atoms with Crippen molar-refractivity contribution in [3.63, 3.8) is 0 Å². The number of nitrogens with zero attached hydrogens (tertiary/aromatic N) is 5. The first-order valence-corrected chi connectivity index (χ1v) is 11.3. The molecule has 8 nitrogen and oxygen atoms in total. The summed E-state index contributed by atoms with van der Waals surface area (Å²) < 4.78 is 5.62. The van der Waals surface area contributed by atoms with Crippen molar-refractivity contribution in [2.75, 3.05) is 49.1 Å². The highest BCUT2D eigenvalue weighted by atomic mass is 16.5. The van der Waals surface area contributed by atoms with E-state index in [-0.39, 0.29) is 30.6 Å². The van der Waals surface area contributed by atoms with Gasteiger partial charge in [-0.3, -0.25) is 9.59 Å². The molecule has 0 bridgehead atoms. The Kier molecular flexibility index (Phi) is 6.58.